The Balaban J connectivity index is 1.77. The number of aliphatic carboxylic acids is 2. The van der Waals surface area contributed by atoms with E-state index in [0.29, 0.717) is 17.9 Å². The first kappa shape index (κ1) is 23.4. The van der Waals surface area contributed by atoms with Crippen molar-refractivity contribution in [3.8, 4) is 0 Å². The van der Waals surface area contributed by atoms with Gasteiger partial charge in [0, 0.05) is 24.6 Å². The molecule has 0 spiro atoms. The maximum atomic E-state index is 12.2. The van der Waals surface area contributed by atoms with Crippen molar-refractivity contribution < 1.29 is 24.6 Å². The number of nitrogens with two attached hydrogens (primary N) is 1. The summed E-state index contributed by atoms with van der Waals surface area (Å²) in [6.07, 6.45) is 1.90. The minimum absolute atomic E-state index is 0.0516. The van der Waals surface area contributed by atoms with Gasteiger partial charge in [0.25, 0.3) is 11.5 Å². The van der Waals surface area contributed by atoms with Gasteiger partial charge in [-0.3, -0.25) is 19.4 Å². The van der Waals surface area contributed by atoms with E-state index in [2.05, 4.69) is 20.6 Å². The molecule has 2 rings (SSSR count). The predicted molar refractivity (Wildman–Crippen MR) is 113 cm³/mol. The fraction of sp³-hybridized carbons (Fsp3) is 0.350. The third kappa shape index (κ3) is 8.17. The molecule has 0 saturated heterocycles. The Morgan fingerprint density at radius 1 is 1.13 bits per heavy atom. The van der Waals surface area contributed by atoms with Gasteiger partial charge in [0.05, 0.1) is 0 Å². The van der Waals surface area contributed by atoms with Crippen molar-refractivity contribution in [1.29, 1.82) is 0 Å². The molecule has 1 aromatic carbocycles. The van der Waals surface area contributed by atoms with E-state index >= 15 is 0 Å². The van der Waals surface area contributed by atoms with Gasteiger partial charge in [0.1, 0.15) is 11.9 Å². The highest BCUT2D eigenvalue weighted by molar-refractivity contribution is 5.96. The SMILES string of the molecule is Nc1nc(NCCCCc2ccc(C(=O)N[C@@H](CCC(=O)O)C(=O)O)cc2)cc(=O)[nH]1. The number of nitrogen functional groups attached to an aromatic ring is 1. The number of anilines is 2. The number of hydrogen-bond donors (Lipinski definition) is 6. The Kier molecular flexibility index (Phi) is 8.55. The molecule has 1 heterocycles. The number of carbonyl (C=O) groups excluding carboxylic acids is 1. The van der Waals surface area contributed by atoms with Crippen molar-refractivity contribution in [3.05, 3.63) is 51.8 Å². The number of rotatable bonds is 12. The van der Waals surface area contributed by atoms with E-state index in [0.717, 1.165) is 24.8 Å². The van der Waals surface area contributed by atoms with E-state index in [1.54, 1.807) is 24.3 Å². The lowest BCUT2D eigenvalue weighted by atomic mass is 10.1. The largest absolute Gasteiger partial charge is 0.481 e. The molecule has 2 aromatic rings. The molecule has 0 saturated carbocycles. The third-order valence-electron chi connectivity index (χ3n) is 4.42. The molecular weight excluding hydrogens is 406 g/mol. The van der Waals surface area contributed by atoms with E-state index in [9.17, 15) is 19.2 Å². The molecule has 166 valence electrons. The van der Waals surface area contributed by atoms with Crippen molar-refractivity contribution in [2.24, 2.45) is 0 Å². The highest BCUT2D eigenvalue weighted by atomic mass is 16.4. The number of carboxylic acids is 2. The van der Waals surface area contributed by atoms with E-state index in [1.807, 2.05) is 0 Å². The first-order chi connectivity index (χ1) is 14.7. The second-order valence-corrected chi connectivity index (χ2v) is 6.89. The molecule has 0 fully saturated rings. The van der Waals surface area contributed by atoms with Crippen LogP contribution in [0.4, 0.5) is 11.8 Å². The second-order valence-electron chi connectivity index (χ2n) is 6.89. The van der Waals surface area contributed by atoms with Crippen molar-refractivity contribution in [3.63, 3.8) is 0 Å². The van der Waals surface area contributed by atoms with Gasteiger partial charge in [-0.25, -0.2) is 4.79 Å². The van der Waals surface area contributed by atoms with Crippen LogP contribution >= 0.6 is 0 Å². The molecule has 0 unspecified atom stereocenters. The Bertz CT molecular complexity index is 973. The van der Waals surface area contributed by atoms with Gasteiger partial charge in [-0.05, 0) is 43.4 Å². The summed E-state index contributed by atoms with van der Waals surface area (Å²) in [5.74, 6) is -2.51. The first-order valence-electron chi connectivity index (χ1n) is 9.69. The van der Waals surface area contributed by atoms with Crippen LogP contribution in [0.2, 0.25) is 0 Å². The molecule has 1 atom stereocenters. The molecule has 0 aliphatic carbocycles. The normalized spacial score (nSPS) is 11.5. The molecule has 0 aliphatic rings. The minimum atomic E-state index is -1.28. The molecule has 31 heavy (non-hydrogen) atoms. The van der Waals surface area contributed by atoms with Gasteiger partial charge < -0.3 is 26.6 Å². The van der Waals surface area contributed by atoms with Gasteiger partial charge in [-0.15, -0.1) is 0 Å². The zero-order valence-electron chi connectivity index (χ0n) is 16.8. The predicted octanol–water partition coefficient (Wildman–Crippen LogP) is 0.835. The van der Waals surface area contributed by atoms with Crippen LogP contribution in [0.5, 0.6) is 0 Å². The number of hydrogen-bond acceptors (Lipinski definition) is 7. The van der Waals surface area contributed by atoms with Crippen LogP contribution in [0.3, 0.4) is 0 Å². The highest BCUT2D eigenvalue weighted by Crippen LogP contribution is 2.10. The number of unbranched alkanes of at least 4 members (excludes halogenated alkanes) is 1. The maximum absolute atomic E-state index is 12.2. The molecule has 0 bridgehead atoms. The Hall–Kier alpha value is -3.89. The van der Waals surface area contributed by atoms with Crippen molar-refractivity contribution in [2.45, 2.75) is 38.1 Å². The Labute approximate surface area is 177 Å². The van der Waals surface area contributed by atoms with Gasteiger partial charge in [-0.1, -0.05) is 12.1 Å². The molecule has 7 N–H and O–H groups in total. The molecule has 1 aromatic heterocycles. The highest BCUT2D eigenvalue weighted by Gasteiger charge is 2.21. The molecule has 0 radical (unpaired) electrons. The van der Waals surface area contributed by atoms with Crippen LogP contribution in [0, 0.1) is 0 Å². The van der Waals surface area contributed by atoms with Crippen LogP contribution in [-0.2, 0) is 16.0 Å². The summed E-state index contributed by atoms with van der Waals surface area (Å²) in [6.45, 7) is 0.614. The summed E-state index contributed by atoms with van der Waals surface area (Å²) in [5.41, 5.74) is 6.46. The van der Waals surface area contributed by atoms with Crippen molar-refractivity contribution in [2.75, 3.05) is 17.6 Å². The summed E-state index contributed by atoms with van der Waals surface area (Å²) in [7, 11) is 0. The maximum Gasteiger partial charge on any atom is 0.326 e. The average molecular weight is 431 g/mol. The topological polar surface area (TPSA) is 187 Å². The zero-order chi connectivity index (χ0) is 22.8. The van der Waals surface area contributed by atoms with Crippen LogP contribution in [-0.4, -0.2) is 50.6 Å². The first-order valence-corrected chi connectivity index (χ1v) is 9.69. The lowest BCUT2D eigenvalue weighted by molar-refractivity contribution is -0.140. The van der Waals surface area contributed by atoms with E-state index in [1.165, 1.54) is 6.07 Å². The zero-order valence-corrected chi connectivity index (χ0v) is 16.8. The number of nitrogens with zero attached hydrogens (tertiary/aromatic N) is 1. The Morgan fingerprint density at radius 3 is 2.45 bits per heavy atom. The number of aromatic amines is 1. The molecule has 1 amide bonds. The van der Waals surface area contributed by atoms with Crippen molar-refractivity contribution in [1.82, 2.24) is 15.3 Å². The number of nitrogens with one attached hydrogen (secondary N) is 3. The summed E-state index contributed by atoms with van der Waals surface area (Å²) < 4.78 is 0. The van der Waals surface area contributed by atoms with Crippen LogP contribution in [0.25, 0.3) is 0 Å². The molecular formula is C20H25N5O6. The fourth-order valence-corrected chi connectivity index (χ4v) is 2.83. The fourth-order valence-electron chi connectivity index (χ4n) is 2.83. The number of aromatic nitrogens is 2. The number of carbonyl (C=O) groups is 3. The molecule has 0 aliphatic heterocycles. The summed E-state index contributed by atoms with van der Waals surface area (Å²) in [6, 6.07) is 6.84. The Morgan fingerprint density at radius 2 is 1.84 bits per heavy atom. The van der Waals surface area contributed by atoms with Gasteiger partial charge in [0.2, 0.25) is 5.95 Å². The molecule has 11 heteroatoms. The van der Waals surface area contributed by atoms with Crippen LogP contribution in [0.15, 0.2) is 35.1 Å². The minimum Gasteiger partial charge on any atom is -0.481 e. The smallest absolute Gasteiger partial charge is 0.326 e. The quantitative estimate of drug-likeness (QED) is 0.265. The molecule has 11 nitrogen and oxygen atoms in total. The van der Waals surface area contributed by atoms with Gasteiger partial charge in [-0.2, -0.15) is 4.98 Å². The van der Waals surface area contributed by atoms with Crippen molar-refractivity contribution >= 4 is 29.6 Å². The third-order valence-corrected chi connectivity index (χ3v) is 4.42. The van der Waals surface area contributed by atoms with E-state index < -0.39 is 23.9 Å². The number of benzene rings is 1. The second kappa shape index (κ2) is 11.3. The summed E-state index contributed by atoms with van der Waals surface area (Å²) >= 11 is 0. The standard InChI is InChI=1S/C20H25N5O6/c21-20-24-15(11-16(26)25-20)22-10-2-1-3-12-4-6-13(7-5-12)18(29)23-14(19(30)31)8-9-17(27)28/h4-7,11,14H,1-3,8-10H2,(H,23,29)(H,27,28)(H,30,31)(H4,21,22,24,25,26)/t14-/m0/s1. The summed E-state index contributed by atoms with van der Waals surface area (Å²) in [5, 5.41) is 23.2. The van der Waals surface area contributed by atoms with Gasteiger partial charge >= 0.3 is 11.9 Å². The average Bonchev–Trinajstić information content (AvgIpc) is 2.70. The van der Waals surface area contributed by atoms with E-state index in [4.69, 9.17) is 15.9 Å². The number of carboxylic acid groups (broad SMARTS) is 2. The van der Waals surface area contributed by atoms with Crippen LogP contribution in [0.1, 0.15) is 41.6 Å². The van der Waals surface area contributed by atoms with E-state index in [-0.39, 0.29) is 24.3 Å². The number of aryl methyl sites for hydroxylation is 1. The lowest BCUT2D eigenvalue weighted by Gasteiger charge is -2.13. The number of amides is 1. The summed E-state index contributed by atoms with van der Waals surface area (Å²) in [4.78, 5) is 51.7. The van der Waals surface area contributed by atoms with Gasteiger partial charge in [0.15, 0.2) is 0 Å². The number of H-pyrrole nitrogens is 1. The van der Waals surface area contributed by atoms with Crippen LogP contribution < -0.4 is 21.9 Å². The lowest BCUT2D eigenvalue weighted by Crippen LogP contribution is -2.41. The monoisotopic (exact) mass is 431 g/mol.